The Balaban J connectivity index is 1.61. The topological polar surface area (TPSA) is 61.9 Å². The van der Waals surface area contributed by atoms with Crippen LogP contribution in [0.2, 0.25) is 0 Å². The highest BCUT2D eigenvalue weighted by atomic mass is 32.1. The van der Waals surface area contributed by atoms with E-state index in [0.29, 0.717) is 19.5 Å². The first-order valence-corrected chi connectivity index (χ1v) is 11.7. The third kappa shape index (κ3) is 5.95. The number of likely N-dealkylation sites (tertiary alicyclic amines) is 2. The minimum atomic E-state index is -0.559. The van der Waals surface area contributed by atoms with Crippen molar-refractivity contribution < 1.29 is 14.3 Å². The van der Waals surface area contributed by atoms with E-state index in [1.807, 2.05) is 20.8 Å². The van der Waals surface area contributed by atoms with E-state index in [0.717, 1.165) is 25.4 Å². The van der Waals surface area contributed by atoms with Gasteiger partial charge in [-0.05, 0) is 76.9 Å². The first-order chi connectivity index (χ1) is 13.7. The fraction of sp³-hybridized carbons (Fsp3) is 0.727. The second-order valence-corrected chi connectivity index (χ2v) is 10.3. The fourth-order valence-electron chi connectivity index (χ4n) is 4.12. The number of carbonyl (C=O) groups is 2. The number of nitrogens with one attached hydrogen (secondary N) is 1. The quantitative estimate of drug-likeness (QED) is 0.780. The summed E-state index contributed by atoms with van der Waals surface area (Å²) in [5, 5.41) is 5.24. The Morgan fingerprint density at radius 3 is 2.59 bits per heavy atom. The van der Waals surface area contributed by atoms with Crippen LogP contribution in [0.3, 0.4) is 0 Å². The van der Waals surface area contributed by atoms with Crippen LogP contribution in [0, 0.1) is 5.92 Å². The zero-order chi connectivity index (χ0) is 21.0. The minimum Gasteiger partial charge on any atom is -0.444 e. The molecule has 2 aliphatic rings. The second-order valence-electron chi connectivity index (χ2n) is 9.33. The summed E-state index contributed by atoms with van der Waals surface area (Å²) in [5.74, 6) is 0.700. The molecule has 2 saturated heterocycles. The van der Waals surface area contributed by atoms with Crippen LogP contribution in [-0.2, 0) is 9.53 Å². The predicted octanol–water partition coefficient (Wildman–Crippen LogP) is 4.04. The Hall–Kier alpha value is -1.60. The molecule has 1 N–H and O–H groups in total. The largest absolute Gasteiger partial charge is 0.444 e. The third-order valence-electron chi connectivity index (χ3n) is 5.78. The lowest BCUT2D eigenvalue weighted by atomic mass is 9.97. The van der Waals surface area contributed by atoms with Gasteiger partial charge in [-0.2, -0.15) is 0 Å². The lowest BCUT2D eigenvalue weighted by molar-refractivity contribution is -0.125. The van der Waals surface area contributed by atoms with Gasteiger partial charge in [0.15, 0.2) is 0 Å². The summed E-state index contributed by atoms with van der Waals surface area (Å²) in [7, 11) is 0. The van der Waals surface area contributed by atoms with Crippen LogP contribution in [-0.4, -0.2) is 59.6 Å². The molecule has 1 aromatic heterocycles. The summed E-state index contributed by atoms with van der Waals surface area (Å²) in [4.78, 5) is 30.8. The standard InChI is InChI=1S/C22H35N3O3S/c1-16-9-12-24(13-10-16)18(19-8-6-14-29-19)15-23-20(26)17-7-5-11-25(17)21(27)28-22(2,3)4/h6,8,14,16-18H,5,7,9-13,15H2,1-4H3,(H,23,26). The van der Waals surface area contributed by atoms with Gasteiger partial charge in [0.05, 0.1) is 6.04 Å². The van der Waals surface area contributed by atoms with Crippen LogP contribution < -0.4 is 5.32 Å². The van der Waals surface area contributed by atoms with Crippen molar-refractivity contribution in [3.8, 4) is 0 Å². The summed E-state index contributed by atoms with van der Waals surface area (Å²) in [6.07, 6.45) is 3.52. The van der Waals surface area contributed by atoms with Crippen molar-refractivity contribution in [2.75, 3.05) is 26.2 Å². The zero-order valence-corrected chi connectivity index (χ0v) is 19.0. The number of ether oxygens (including phenoxy) is 1. The number of thiophene rings is 1. The van der Waals surface area contributed by atoms with Crippen LogP contribution in [0.4, 0.5) is 4.79 Å². The van der Waals surface area contributed by atoms with E-state index in [-0.39, 0.29) is 11.9 Å². The molecule has 29 heavy (non-hydrogen) atoms. The molecule has 162 valence electrons. The van der Waals surface area contributed by atoms with E-state index in [9.17, 15) is 9.59 Å². The van der Waals surface area contributed by atoms with Crippen molar-refractivity contribution in [2.45, 2.75) is 71.1 Å². The third-order valence-corrected chi connectivity index (χ3v) is 6.76. The number of amides is 2. The molecular formula is C22H35N3O3S. The first kappa shape index (κ1) is 22.1. The van der Waals surface area contributed by atoms with E-state index in [1.165, 1.54) is 17.7 Å². The number of piperidine rings is 1. The minimum absolute atomic E-state index is 0.0692. The zero-order valence-electron chi connectivity index (χ0n) is 18.1. The van der Waals surface area contributed by atoms with Gasteiger partial charge < -0.3 is 10.1 Å². The first-order valence-electron chi connectivity index (χ1n) is 10.8. The lowest BCUT2D eigenvalue weighted by Gasteiger charge is -2.36. The van der Waals surface area contributed by atoms with Crippen LogP contribution >= 0.6 is 11.3 Å². The van der Waals surface area contributed by atoms with Gasteiger partial charge in [-0.25, -0.2) is 4.79 Å². The highest BCUT2D eigenvalue weighted by Crippen LogP contribution is 2.29. The molecule has 2 fully saturated rings. The Morgan fingerprint density at radius 2 is 1.97 bits per heavy atom. The molecule has 0 spiro atoms. The molecule has 2 atom stereocenters. The number of carbonyl (C=O) groups excluding carboxylic acids is 2. The highest BCUT2D eigenvalue weighted by molar-refractivity contribution is 7.10. The molecule has 3 rings (SSSR count). The van der Waals surface area contributed by atoms with E-state index in [4.69, 9.17) is 4.74 Å². The van der Waals surface area contributed by atoms with Gasteiger partial charge in [0.2, 0.25) is 5.91 Å². The number of rotatable bonds is 5. The van der Waals surface area contributed by atoms with Gasteiger partial charge in [-0.3, -0.25) is 14.6 Å². The molecule has 2 unspecified atom stereocenters. The number of hydrogen-bond acceptors (Lipinski definition) is 5. The van der Waals surface area contributed by atoms with Crippen LogP contribution in [0.5, 0.6) is 0 Å². The average Bonchev–Trinajstić information content (AvgIpc) is 3.33. The Bertz CT molecular complexity index is 678. The van der Waals surface area contributed by atoms with Crippen LogP contribution in [0.1, 0.15) is 64.3 Å². The van der Waals surface area contributed by atoms with Crippen molar-refractivity contribution >= 4 is 23.3 Å². The molecule has 0 aromatic carbocycles. The normalized spacial score (nSPS) is 22.5. The van der Waals surface area contributed by atoms with Crippen LogP contribution in [0.15, 0.2) is 17.5 Å². The fourth-order valence-corrected chi connectivity index (χ4v) is 4.99. The monoisotopic (exact) mass is 421 g/mol. The van der Waals surface area contributed by atoms with Gasteiger partial charge in [0.1, 0.15) is 11.6 Å². The highest BCUT2D eigenvalue weighted by Gasteiger charge is 2.37. The molecule has 0 saturated carbocycles. The van der Waals surface area contributed by atoms with Crippen molar-refractivity contribution in [3.05, 3.63) is 22.4 Å². The maximum absolute atomic E-state index is 13.0. The van der Waals surface area contributed by atoms with Crippen LogP contribution in [0.25, 0.3) is 0 Å². The van der Waals surface area contributed by atoms with E-state index in [1.54, 1.807) is 16.2 Å². The van der Waals surface area contributed by atoms with Gasteiger partial charge in [-0.15, -0.1) is 11.3 Å². The molecule has 2 aliphatic heterocycles. The smallest absolute Gasteiger partial charge is 0.410 e. The average molecular weight is 422 g/mol. The van der Waals surface area contributed by atoms with Gasteiger partial charge >= 0.3 is 6.09 Å². The van der Waals surface area contributed by atoms with Gasteiger partial charge in [0, 0.05) is 18.0 Å². The van der Waals surface area contributed by atoms with Gasteiger partial charge in [-0.1, -0.05) is 13.0 Å². The number of hydrogen-bond donors (Lipinski definition) is 1. The molecule has 0 bridgehead atoms. The molecule has 3 heterocycles. The SMILES string of the molecule is CC1CCN(C(CNC(=O)C2CCCN2C(=O)OC(C)(C)C)c2cccs2)CC1. The van der Waals surface area contributed by atoms with E-state index in [2.05, 4.69) is 34.7 Å². The second kappa shape index (κ2) is 9.47. The molecule has 0 radical (unpaired) electrons. The summed E-state index contributed by atoms with van der Waals surface area (Å²) in [5.41, 5.74) is -0.559. The van der Waals surface area contributed by atoms with Crippen molar-refractivity contribution in [1.29, 1.82) is 0 Å². The molecule has 6 nitrogen and oxygen atoms in total. The van der Waals surface area contributed by atoms with Crippen molar-refractivity contribution in [3.63, 3.8) is 0 Å². The molecular weight excluding hydrogens is 386 g/mol. The van der Waals surface area contributed by atoms with Crippen molar-refractivity contribution in [1.82, 2.24) is 15.1 Å². The van der Waals surface area contributed by atoms with Crippen molar-refractivity contribution in [2.24, 2.45) is 5.92 Å². The summed E-state index contributed by atoms with van der Waals surface area (Å²) in [6.45, 7) is 11.1. The Labute approximate surface area is 178 Å². The van der Waals surface area contributed by atoms with E-state index >= 15 is 0 Å². The summed E-state index contributed by atoms with van der Waals surface area (Å²) >= 11 is 1.74. The predicted molar refractivity (Wildman–Crippen MR) is 116 cm³/mol. The molecule has 2 amide bonds. The maximum Gasteiger partial charge on any atom is 0.410 e. The maximum atomic E-state index is 13.0. The molecule has 0 aliphatic carbocycles. The number of nitrogens with zero attached hydrogens (tertiary/aromatic N) is 2. The molecule has 1 aromatic rings. The summed E-state index contributed by atoms with van der Waals surface area (Å²) < 4.78 is 5.49. The van der Waals surface area contributed by atoms with E-state index < -0.39 is 17.7 Å². The Morgan fingerprint density at radius 1 is 1.24 bits per heavy atom. The lowest BCUT2D eigenvalue weighted by Crippen LogP contribution is -2.49. The molecule has 7 heteroatoms. The van der Waals surface area contributed by atoms with Gasteiger partial charge in [0.25, 0.3) is 0 Å². The Kier molecular flexibility index (Phi) is 7.22. The summed E-state index contributed by atoms with van der Waals surface area (Å²) in [6, 6.07) is 3.99.